The highest BCUT2D eigenvalue weighted by atomic mass is 32.2. The fourth-order valence-corrected chi connectivity index (χ4v) is 4.40. The summed E-state index contributed by atoms with van der Waals surface area (Å²) >= 11 is 1.29. The molecule has 2 aliphatic heterocycles. The van der Waals surface area contributed by atoms with E-state index in [9.17, 15) is 15.3 Å². The van der Waals surface area contributed by atoms with Gasteiger partial charge in [0, 0.05) is 11.6 Å². The predicted octanol–water partition coefficient (Wildman–Crippen LogP) is 5.45. The van der Waals surface area contributed by atoms with E-state index in [-0.39, 0.29) is 11.4 Å². The Morgan fingerprint density at radius 2 is 1.72 bits per heavy atom. The number of hydrogen-bond acceptors (Lipinski definition) is 8. The van der Waals surface area contributed by atoms with Crippen LogP contribution < -0.4 is 4.74 Å². The molecule has 0 aromatic heterocycles. The molecule has 5 rings (SSSR count). The average Bonchev–Trinajstić information content (AvgIpc) is 3.26. The van der Waals surface area contributed by atoms with Crippen LogP contribution in [0.15, 0.2) is 94.7 Å². The van der Waals surface area contributed by atoms with Gasteiger partial charge in [-0.3, -0.25) is 15.3 Å². The first-order valence-corrected chi connectivity index (χ1v) is 10.5. The van der Waals surface area contributed by atoms with Gasteiger partial charge in [-0.2, -0.15) is 0 Å². The van der Waals surface area contributed by atoms with Crippen molar-refractivity contribution in [1.29, 1.82) is 0 Å². The van der Waals surface area contributed by atoms with Crippen LogP contribution in [0.2, 0.25) is 0 Å². The van der Waals surface area contributed by atoms with Crippen molar-refractivity contribution in [1.82, 2.24) is 5.06 Å². The number of hydroxylamine groups is 2. The van der Waals surface area contributed by atoms with Crippen LogP contribution in [0.25, 0.3) is 11.1 Å². The van der Waals surface area contributed by atoms with Gasteiger partial charge in [0.1, 0.15) is 17.1 Å². The highest BCUT2D eigenvalue weighted by Gasteiger charge is 2.32. The number of ether oxygens (including phenoxy) is 1. The molecule has 0 saturated carbocycles. The van der Waals surface area contributed by atoms with Gasteiger partial charge < -0.3 is 4.74 Å². The second-order valence-electron chi connectivity index (χ2n) is 7.02. The van der Waals surface area contributed by atoms with Gasteiger partial charge in [-0.25, -0.2) is 15.0 Å². The number of thioether (sulfide) groups is 1. The molecule has 0 saturated heterocycles. The fourth-order valence-electron chi connectivity index (χ4n) is 3.37. The van der Waals surface area contributed by atoms with Crippen LogP contribution in [0.1, 0.15) is 5.56 Å². The number of aliphatic imine (C=N–C) groups is 2. The number of nitro benzene ring substituents is 1. The van der Waals surface area contributed by atoms with Crippen LogP contribution in [0.4, 0.5) is 5.69 Å². The molecule has 2 aliphatic rings. The number of fused-ring (bicyclic) bond motifs is 1. The Hall–Kier alpha value is -3.95. The highest BCUT2D eigenvalue weighted by molar-refractivity contribution is 8.15. The first-order chi connectivity index (χ1) is 15.6. The Labute approximate surface area is 187 Å². The number of hydrogen-bond donors (Lipinski definition) is 1. The molecule has 1 unspecified atom stereocenters. The van der Waals surface area contributed by atoms with E-state index >= 15 is 0 Å². The number of rotatable bonds is 5. The van der Waals surface area contributed by atoms with Crippen molar-refractivity contribution in [2.75, 3.05) is 0 Å². The molecule has 0 amide bonds. The lowest BCUT2D eigenvalue weighted by Crippen LogP contribution is -2.29. The monoisotopic (exact) mass is 444 g/mol. The van der Waals surface area contributed by atoms with E-state index in [0.29, 0.717) is 22.1 Å². The van der Waals surface area contributed by atoms with Crippen LogP contribution in [0, 0.1) is 10.1 Å². The van der Waals surface area contributed by atoms with Gasteiger partial charge in [0.25, 0.3) is 0 Å². The lowest BCUT2D eigenvalue weighted by Gasteiger charge is -2.20. The molecule has 0 spiro atoms. The van der Waals surface area contributed by atoms with Crippen LogP contribution in [0.5, 0.6) is 11.5 Å². The van der Waals surface area contributed by atoms with Gasteiger partial charge in [0.05, 0.1) is 16.8 Å². The largest absolute Gasteiger partial charge is 0.450 e. The van der Waals surface area contributed by atoms with E-state index in [1.807, 2.05) is 42.5 Å². The summed E-state index contributed by atoms with van der Waals surface area (Å²) in [6.45, 7) is 0. The Morgan fingerprint density at radius 1 is 1.00 bits per heavy atom. The third kappa shape index (κ3) is 3.86. The lowest BCUT2D eigenvalue weighted by molar-refractivity contribution is -0.385. The van der Waals surface area contributed by atoms with Crippen molar-refractivity contribution in [2.24, 2.45) is 9.98 Å². The van der Waals surface area contributed by atoms with Crippen molar-refractivity contribution < 1.29 is 14.9 Å². The molecular formula is C23H16N4O4S. The normalized spacial score (nSPS) is 16.9. The van der Waals surface area contributed by atoms with E-state index in [4.69, 9.17) is 4.74 Å². The first kappa shape index (κ1) is 20.0. The Balaban J connectivity index is 1.40. The Morgan fingerprint density at radius 3 is 2.44 bits per heavy atom. The van der Waals surface area contributed by atoms with E-state index in [0.717, 1.165) is 16.2 Å². The Bertz CT molecular complexity index is 1270. The molecule has 0 fully saturated rings. The molecule has 0 aliphatic carbocycles. The zero-order valence-electron chi connectivity index (χ0n) is 16.5. The maximum absolute atomic E-state index is 11.7. The topological polar surface area (TPSA) is 101 Å². The molecule has 0 bridgehead atoms. The fraction of sp³-hybridized carbons (Fsp3) is 0.0435. The molecule has 158 valence electrons. The number of benzene rings is 3. The van der Waals surface area contributed by atoms with E-state index in [1.165, 1.54) is 24.2 Å². The van der Waals surface area contributed by atoms with E-state index in [2.05, 4.69) is 9.98 Å². The van der Waals surface area contributed by atoms with Crippen molar-refractivity contribution in [3.05, 3.63) is 100 Å². The van der Waals surface area contributed by atoms with Gasteiger partial charge in [-0.15, -0.1) is 0 Å². The molecule has 3 aromatic carbocycles. The van der Waals surface area contributed by atoms with Crippen molar-refractivity contribution >= 4 is 28.8 Å². The summed E-state index contributed by atoms with van der Waals surface area (Å²) in [5.74, 6) is 0.635. The molecule has 3 aromatic rings. The zero-order valence-corrected chi connectivity index (χ0v) is 17.3. The van der Waals surface area contributed by atoms with Gasteiger partial charge in [0.2, 0.25) is 5.75 Å². The van der Waals surface area contributed by atoms with Crippen LogP contribution >= 0.6 is 11.8 Å². The first-order valence-electron chi connectivity index (χ1n) is 9.66. The van der Waals surface area contributed by atoms with E-state index in [1.54, 1.807) is 30.5 Å². The average molecular weight is 444 g/mol. The second kappa shape index (κ2) is 8.29. The zero-order chi connectivity index (χ0) is 22.1. The Kier molecular flexibility index (Phi) is 5.18. The summed E-state index contributed by atoms with van der Waals surface area (Å²) in [7, 11) is 0. The molecule has 8 nitrogen and oxygen atoms in total. The smallest absolute Gasteiger partial charge is 0.312 e. The minimum Gasteiger partial charge on any atom is -0.450 e. The molecule has 0 radical (unpaired) electrons. The molecule has 32 heavy (non-hydrogen) atoms. The maximum atomic E-state index is 11.7. The van der Waals surface area contributed by atoms with Gasteiger partial charge in [0.15, 0.2) is 5.37 Å². The van der Waals surface area contributed by atoms with Crippen molar-refractivity contribution in [2.45, 2.75) is 5.37 Å². The highest BCUT2D eigenvalue weighted by Crippen LogP contribution is 2.39. The molecule has 9 heteroatoms. The van der Waals surface area contributed by atoms with Crippen molar-refractivity contribution in [3.8, 4) is 22.6 Å². The predicted molar refractivity (Wildman–Crippen MR) is 123 cm³/mol. The molecule has 1 N–H and O–H groups in total. The standard InChI is InChI=1S/C23H16N4O4S/c28-26-14-24-13-19-23(26)32-22(25-19)17-8-11-21(20(12-17)27(29)30)31-18-9-6-16(7-10-18)15-4-2-1-3-5-15/h1-14,23,28H. The van der Waals surface area contributed by atoms with E-state index < -0.39 is 10.3 Å². The lowest BCUT2D eigenvalue weighted by atomic mass is 10.1. The molecule has 1 atom stereocenters. The molecular weight excluding hydrogens is 428 g/mol. The third-order valence-electron chi connectivity index (χ3n) is 4.93. The summed E-state index contributed by atoms with van der Waals surface area (Å²) < 4.78 is 5.82. The van der Waals surface area contributed by atoms with Crippen molar-refractivity contribution in [3.63, 3.8) is 0 Å². The van der Waals surface area contributed by atoms with Gasteiger partial charge in [-0.05, 0) is 35.4 Å². The summed E-state index contributed by atoms with van der Waals surface area (Å²) in [4.78, 5) is 19.6. The van der Waals surface area contributed by atoms with Gasteiger partial charge >= 0.3 is 5.69 Å². The quantitative estimate of drug-likeness (QED) is 0.415. The van der Waals surface area contributed by atoms with Gasteiger partial charge in [-0.1, -0.05) is 54.2 Å². The summed E-state index contributed by atoms with van der Waals surface area (Å²) in [6, 6.07) is 22.0. The minimum absolute atomic E-state index is 0.138. The summed E-state index contributed by atoms with van der Waals surface area (Å²) in [5.41, 5.74) is 3.08. The maximum Gasteiger partial charge on any atom is 0.312 e. The summed E-state index contributed by atoms with van der Waals surface area (Å²) in [5, 5.41) is 22.7. The number of nitro groups is 1. The third-order valence-corrected chi connectivity index (χ3v) is 6.16. The molecule has 2 heterocycles. The summed E-state index contributed by atoms with van der Waals surface area (Å²) in [6.07, 6.45) is 2.85. The van der Waals surface area contributed by atoms with Crippen LogP contribution in [0.3, 0.4) is 0 Å². The number of nitrogens with zero attached hydrogens (tertiary/aromatic N) is 4. The van der Waals surface area contributed by atoms with Crippen LogP contribution in [-0.4, -0.2) is 31.9 Å². The minimum atomic E-state index is -0.481. The SMILES string of the molecule is O=[N+]([O-])c1cc(C2=NC3=CN=CN(O)C3S2)ccc1Oc1ccc(-c2ccccc2)cc1. The second-order valence-corrected chi connectivity index (χ2v) is 8.09. The van der Waals surface area contributed by atoms with Crippen LogP contribution in [-0.2, 0) is 0 Å².